The number of hydrogen-bond acceptors (Lipinski definition) is 4. The lowest BCUT2D eigenvalue weighted by molar-refractivity contribution is -0.133. The number of nitrogen functional groups attached to an aromatic ring is 1. The van der Waals surface area contributed by atoms with Crippen LogP contribution >= 0.6 is 15.9 Å². The maximum absolute atomic E-state index is 6.06. The minimum absolute atomic E-state index is 0.205. The van der Waals surface area contributed by atoms with E-state index in [2.05, 4.69) is 53.5 Å². The van der Waals surface area contributed by atoms with E-state index in [1.807, 2.05) is 6.07 Å². The molecular weight excluding hydrogens is 294 g/mol. The van der Waals surface area contributed by atoms with Crippen molar-refractivity contribution in [3.8, 4) is 0 Å². The first kappa shape index (κ1) is 13.6. The molecule has 0 amide bonds. The number of rotatable bonds is 1. The summed E-state index contributed by atoms with van der Waals surface area (Å²) >= 11 is 3.38. The Bertz CT molecular complexity index is 444. The molecule has 1 aromatic heterocycles. The smallest absolute Gasteiger partial charge is 0.152 e. The van der Waals surface area contributed by atoms with Crippen LogP contribution in [-0.2, 0) is 4.74 Å². The predicted octanol–water partition coefficient (Wildman–Crippen LogP) is 2.82. The van der Waals surface area contributed by atoms with Gasteiger partial charge in [0.15, 0.2) is 5.82 Å². The highest BCUT2D eigenvalue weighted by atomic mass is 79.9. The van der Waals surface area contributed by atoms with Crippen molar-refractivity contribution in [1.82, 2.24) is 4.98 Å². The first-order valence-electron chi connectivity index (χ1n) is 6.05. The molecule has 100 valence electrons. The highest BCUT2D eigenvalue weighted by Crippen LogP contribution is 2.33. The van der Waals surface area contributed by atoms with Crippen LogP contribution in [0.15, 0.2) is 16.7 Å². The lowest BCUT2D eigenvalue weighted by Crippen LogP contribution is -2.57. The number of anilines is 2. The second-order valence-corrected chi connectivity index (χ2v) is 6.96. The molecule has 2 N–H and O–H groups in total. The van der Waals surface area contributed by atoms with Crippen molar-refractivity contribution in [1.29, 1.82) is 0 Å². The predicted molar refractivity (Wildman–Crippen MR) is 77.8 cm³/mol. The molecule has 2 heterocycles. The van der Waals surface area contributed by atoms with E-state index in [9.17, 15) is 0 Å². The van der Waals surface area contributed by atoms with Gasteiger partial charge in [0.05, 0.1) is 16.9 Å². The van der Waals surface area contributed by atoms with Crippen LogP contribution in [0.3, 0.4) is 0 Å². The van der Waals surface area contributed by atoms with Crippen molar-refractivity contribution in [2.75, 3.05) is 23.7 Å². The number of nitrogens with zero attached hydrogens (tertiary/aromatic N) is 2. The molecule has 1 aliphatic rings. The number of hydrogen-bond donors (Lipinski definition) is 1. The molecule has 1 aromatic rings. The van der Waals surface area contributed by atoms with E-state index in [1.54, 1.807) is 6.20 Å². The van der Waals surface area contributed by atoms with E-state index >= 15 is 0 Å². The van der Waals surface area contributed by atoms with Gasteiger partial charge < -0.3 is 15.4 Å². The maximum Gasteiger partial charge on any atom is 0.152 e. The lowest BCUT2D eigenvalue weighted by Gasteiger charge is -2.47. The van der Waals surface area contributed by atoms with E-state index in [0.717, 1.165) is 23.4 Å². The first-order chi connectivity index (χ1) is 8.19. The number of aromatic nitrogens is 1. The van der Waals surface area contributed by atoms with Gasteiger partial charge in [0.2, 0.25) is 0 Å². The van der Waals surface area contributed by atoms with Crippen LogP contribution in [0.25, 0.3) is 0 Å². The summed E-state index contributed by atoms with van der Waals surface area (Å²) in [5, 5.41) is 0. The molecule has 0 spiro atoms. The summed E-state index contributed by atoms with van der Waals surface area (Å²) in [6.07, 6.45) is 1.78. The second kappa shape index (κ2) is 4.38. The topological polar surface area (TPSA) is 51.4 Å². The molecule has 1 fully saturated rings. The molecule has 4 nitrogen and oxygen atoms in total. The summed E-state index contributed by atoms with van der Waals surface area (Å²) in [7, 11) is 0. The van der Waals surface area contributed by atoms with Crippen molar-refractivity contribution in [2.24, 2.45) is 0 Å². The zero-order valence-electron chi connectivity index (χ0n) is 11.3. The van der Waals surface area contributed by atoms with Crippen LogP contribution in [0.5, 0.6) is 0 Å². The molecule has 2 rings (SSSR count). The molecule has 0 radical (unpaired) electrons. The maximum atomic E-state index is 6.06. The Morgan fingerprint density at radius 2 is 1.83 bits per heavy atom. The largest absolute Gasteiger partial charge is 0.396 e. The fourth-order valence-electron chi connectivity index (χ4n) is 2.65. The van der Waals surface area contributed by atoms with Gasteiger partial charge in [-0.15, -0.1) is 0 Å². The third kappa shape index (κ3) is 2.95. The Hall–Kier alpha value is -0.810. The Balaban J connectivity index is 2.32. The summed E-state index contributed by atoms with van der Waals surface area (Å²) in [4.78, 5) is 6.63. The van der Waals surface area contributed by atoms with Crippen LogP contribution in [0.2, 0.25) is 0 Å². The van der Waals surface area contributed by atoms with Crippen molar-refractivity contribution in [3.05, 3.63) is 16.7 Å². The van der Waals surface area contributed by atoms with Gasteiger partial charge in [0, 0.05) is 23.8 Å². The van der Waals surface area contributed by atoms with Gasteiger partial charge >= 0.3 is 0 Å². The van der Waals surface area contributed by atoms with E-state index in [1.165, 1.54) is 0 Å². The average Bonchev–Trinajstić information content (AvgIpc) is 2.11. The van der Waals surface area contributed by atoms with E-state index in [0.29, 0.717) is 5.69 Å². The highest BCUT2D eigenvalue weighted by molar-refractivity contribution is 9.10. The molecule has 0 aliphatic carbocycles. The van der Waals surface area contributed by atoms with E-state index < -0.39 is 0 Å². The third-order valence-electron chi connectivity index (χ3n) is 2.86. The fraction of sp³-hybridized carbons (Fsp3) is 0.615. The zero-order chi connectivity index (χ0) is 13.6. The van der Waals surface area contributed by atoms with Crippen LogP contribution < -0.4 is 10.6 Å². The molecule has 0 unspecified atom stereocenters. The molecule has 0 saturated carbocycles. The number of nitrogens with two attached hydrogens (primary N) is 1. The van der Waals surface area contributed by atoms with Gasteiger partial charge in [-0.25, -0.2) is 4.98 Å². The summed E-state index contributed by atoms with van der Waals surface area (Å²) in [6.45, 7) is 9.95. The normalized spacial score (nSPS) is 21.9. The summed E-state index contributed by atoms with van der Waals surface area (Å²) in [6, 6.07) is 1.89. The zero-order valence-corrected chi connectivity index (χ0v) is 12.9. The average molecular weight is 314 g/mol. The van der Waals surface area contributed by atoms with Crippen molar-refractivity contribution < 1.29 is 4.74 Å². The van der Waals surface area contributed by atoms with Crippen molar-refractivity contribution in [2.45, 2.75) is 38.9 Å². The summed E-state index contributed by atoms with van der Waals surface area (Å²) in [5.74, 6) is 0.836. The van der Waals surface area contributed by atoms with E-state index in [4.69, 9.17) is 10.5 Å². The standard InChI is InChI=1S/C13H20BrN3O/c1-12(2)7-17(8-13(3,4)18-12)11-10(15)5-9(14)6-16-11/h5-6H,7-8,15H2,1-4H3. The Kier molecular flexibility index (Phi) is 3.32. The first-order valence-corrected chi connectivity index (χ1v) is 6.84. The monoisotopic (exact) mass is 313 g/mol. The van der Waals surface area contributed by atoms with Crippen LogP contribution in [-0.4, -0.2) is 29.3 Å². The summed E-state index contributed by atoms with van der Waals surface area (Å²) in [5.41, 5.74) is 6.34. The highest BCUT2D eigenvalue weighted by Gasteiger charge is 2.39. The van der Waals surface area contributed by atoms with E-state index in [-0.39, 0.29) is 11.2 Å². The van der Waals surface area contributed by atoms with Crippen LogP contribution in [0.4, 0.5) is 11.5 Å². The quantitative estimate of drug-likeness (QED) is 0.866. The Morgan fingerprint density at radius 3 is 2.33 bits per heavy atom. The molecule has 0 aromatic carbocycles. The van der Waals surface area contributed by atoms with Crippen molar-refractivity contribution >= 4 is 27.4 Å². The number of ether oxygens (including phenoxy) is 1. The van der Waals surface area contributed by atoms with Gasteiger partial charge in [-0.05, 0) is 49.7 Å². The minimum Gasteiger partial charge on any atom is -0.396 e. The minimum atomic E-state index is -0.205. The van der Waals surface area contributed by atoms with Crippen LogP contribution in [0, 0.1) is 0 Å². The SMILES string of the molecule is CC1(C)CN(c2ncc(Br)cc2N)CC(C)(C)O1. The number of pyridine rings is 1. The molecule has 1 aliphatic heterocycles. The fourth-order valence-corrected chi connectivity index (χ4v) is 3.00. The molecule has 5 heteroatoms. The van der Waals surface area contributed by atoms with Gasteiger partial charge in [-0.2, -0.15) is 0 Å². The summed E-state index contributed by atoms with van der Waals surface area (Å²) < 4.78 is 6.96. The lowest BCUT2D eigenvalue weighted by atomic mass is 9.99. The molecular formula is C13H20BrN3O. The Labute approximate surface area is 117 Å². The van der Waals surface area contributed by atoms with Gasteiger partial charge in [-0.3, -0.25) is 0 Å². The molecule has 0 bridgehead atoms. The van der Waals surface area contributed by atoms with Gasteiger partial charge in [0.1, 0.15) is 0 Å². The van der Waals surface area contributed by atoms with Crippen LogP contribution in [0.1, 0.15) is 27.7 Å². The number of halogens is 1. The Morgan fingerprint density at radius 1 is 1.28 bits per heavy atom. The second-order valence-electron chi connectivity index (χ2n) is 6.04. The van der Waals surface area contributed by atoms with Crippen molar-refractivity contribution in [3.63, 3.8) is 0 Å². The molecule has 18 heavy (non-hydrogen) atoms. The number of morpholine rings is 1. The van der Waals surface area contributed by atoms with Gasteiger partial charge in [0.25, 0.3) is 0 Å². The molecule has 0 atom stereocenters. The molecule has 1 saturated heterocycles. The third-order valence-corrected chi connectivity index (χ3v) is 3.29. The van der Waals surface area contributed by atoms with Gasteiger partial charge in [-0.1, -0.05) is 0 Å².